The molecule has 17 heavy (non-hydrogen) atoms. The molecule has 2 rings (SSSR count). The lowest BCUT2D eigenvalue weighted by molar-refractivity contribution is 0.288. The van der Waals surface area contributed by atoms with Gasteiger partial charge >= 0.3 is 0 Å². The fourth-order valence-electron chi connectivity index (χ4n) is 1.46. The Morgan fingerprint density at radius 3 is 2.94 bits per heavy atom. The number of aryl methyl sites for hydroxylation is 1. The first-order valence-electron chi connectivity index (χ1n) is 5.28. The minimum Gasteiger partial charge on any atom is -0.492 e. The van der Waals surface area contributed by atoms with Crippen molar-refractivity contribution in [2.75, 3.05) is 6.61 Å². The minimum absolute atomic E-state index is 0.241. The number of nitrogens with zero attached hydrogens (tertiary/aromatic N) is 2. The van der Waals surface area contributed by atoms with Crippen molar-refractivity contribution in [3.8, 4) is 5.75 Å². The van der Waals surface area contributed by atoms with Crippen molar-refractivity contribution in [1.82, 2.24) is 9.78 Å². The highest BCUT2D eigenvalue weighted by Gasteiger charge is 2.09. The van der Waals surface area contributed by atoms with Gasteiger partial charge in [0.25, 0.3) is 0 Å². The molecule has 5 heteroatoms. The van der Waals surface area contributed by atoms with E-state index in [2.05, 4.69) is 5.10 Å². The van der Waals surface area contributed by atoms with E-state index in [4.69, 9.17) is 22.1 Å². The van der Waals surface area contributed by atoms with Crippen LogP contribution in [0.25, 0.3) is 0 Å². The Balaban J connectivity index is 1.94. The van der Waals surface area contributed by atoms with Gasteiger partial charge in [0.2, 0.25) is 0 Å². The summed E-state index contributed by atoms with van der Waals surface area (Å²) in [4.78, 5) is 0. The predicted octanol–water partition coefficient (Wildman–Crippen LogP) is 2.15. The lowest BCUT2D eigenvalue weighted by Crippen LogP contribution is -2.19. The first-order chi connectivity index (χ1) is 8.15. The van der Waals surface area contributed by atoms with Crippen LogP contribution in [0.15, 0.2) is 36.5 Å². The summed E-state index contributed by atoms with van der Waals surface area (Å²) in [5.41, 5.74) is 6.77. The molecule has 0 amide bonds. The number of aromatic nitrogens is 2. The molecule has 0 aliphatic rings. The Morgan fingerprint density at radius 1 is 1.47 bits per heavy atom. The van der Waals surface area contributed by atoms with Crippen LogP contribution >= 0.6 is 11.6 Å². The van der Waals surface area contributed by atoms with Crippen LogP contribution in [-0.2, 0) is 7.05 Å². The van der Waals surface area contributed by atoms with E-state index in [9.17, 15) is 0 Å². The number of benzene rings is 1. The number of hydrogen-bond donors (Lipinski definition) is 1. The number of rotatable bonds is 4. The second-order valence-electron chi connectivity index (χ2n) is 3.79. The van der Waals surface area contributed by atoms with Crippen molar-refractivity contribution < 1.29 is 4.74 Å². The van der Waals surface area contributed by atoms with Gasteiger partial charge in [0, 0.05) is 18.3 Å². The molecule has 0 aliphatic carbocycles. The van der Waals surface area contributed by atoms with Gasteiger partial charge in [0.1, 0.15) is 12.4 Å². The summed E-state index contributed by atoms with van der Waals surface area (Å²) in [7, 11) is 1.86. The number of halogens is 1. The van der Waals surface area contributed by atoms with Crippen LogP contribution in [0.1, 0.15) is 11.7 Å². The van der Waals surface area contributed by atoms with E-state index >= 15 is 0 Å². The Morgan fingerprint density at radius 2 is 2.29 bits per heavy atom. The zero-order valence-corrected chi connectivity index (χ0v) is 10.3. The average Bonchev–Trinajstić information content (AvgIpc) is 2.73. The minimum atomic E-state index is -0.241. The van der Waals surface area contributed by atoms with Crippen molar-refractivity contribution in [2.45, 2.75) is 6.04 Å². The SMILES string of the molecule is Cn1ccc(C(N)COc2cccc(Cl)c2)n1. The van der Waals surface area contributed by atoms with Crippen LogP contribution in [0.5, 0.6) is 5.75 Å². The lowest BCUT2D eigenvalue weighted by Gasteiger charge is -2.11. The summed E-state index contributed by atoms with van der Waals surface area (Å²) in [5.74, 6) is 0.712. The lowest BCUT2D eigenvalue weighted by atomic mass is 10.2. The molecule has 1 aromatic carbocycles. The molecule has 1 aromatic heterocycles. The smallest absolute Gasteiger partial charge is 0.120 e. The van der Waals surface area contributed by atoms with E-state index in [0.29, 0.717) is 17.4 Å². The molecule has 1 heterocycles. The van der Waals surface area contributed by atoms with Gasteiger partial charge in [0.15, 0.2) is 0 Å². The summed E-state index contributed by atoms with van der Waals surface area (Å²) >= 11 is 5.85. The number of hydrogen-bond acceptors (Lipinski definition) is 3. The van der Waals surface area contributed by atoms with Gasteiger partial charge in [-0.05, 0) is 24.3 Å². The maximum Gasteiger partial charge on any atom is 0.120 e. The van der Waals surface area contributed by atoms with Crippen LogP contribution in [-0.4, -0.2) is 16.4 Å². The van der Waals surface area contributed by atoms with Crippen molar-refractivity contribution in [1.29, 1.82) is 0 Å². The van der Waals surface area contributed by atoms with Crippen molar-refractivity contribution in [2.24, 2.45) is 12.8 Å². The fourth-order valence-corrected chi connectivity index (χ4v) is 1.64. The summed E-state index contributed by atoms with van der Waals surface area (Å²) in [5, 5.41) is 4.87. The average molecular weight is 252 g/mol. The van der Waals surface area contributed by atoms with Crippen LogP contribution < -0.4 is 10.5 Å². The first kappa shape index (κ1) is 12.0. The third kappa shape index (κ3) is 3.22. The van der Waals surface area contributed by atoms with Crippen LogP contribution in [0.4, 0.5) is 0 Å². The molecule has 0 bridgehead atoms. The molecule has 0 aliphatic heterocycles. The molecule has 0 spiro atoms. The molecule has 1 unspecified atom stereocenters. The molecule has 0 fully saturated rings. The van der Waals surface area contributed by atoms with E-state index in [1.807, 2.05) is 31.4 Å². The Hall–Kier alpha value is -1.52. The fraction of sp³-hybridized carbons (Fsp3) is 0.250. The van der Waals surface area contributed by atoms with E-state index in [1.165, 1.54) is 0 Å². The third-order valence-electron chi connectivity index (χ3n) is 2.34. The summed E-state index contributed by atoms with van der Waals surface area (Å²) in [6.07, 6.45) is 1.86. The Bertz CT molecular complexity index is 498. The molecular formula is C12H14ClN3O. The van der Waals surface area contributed by atoms with Gasteiger partial charge in [-0.15, -0.1) is 0 Å². The van der Waals surface area contributed by atoms with Crippen molar-refractivity contribution in [3.63, 3.8) is 0 Å². The van der Waals surface area contributed by atoms with Crippen molar-refractivity contribution >= 4 is 11.6 Å². The predicted molar refractivity (Wildman–Crippen MR) is 67.1 cm³/mol. The third-order valence-corrected chi connectivity index (χ3v) is 2.57. The molecule has 1 atom stereocenters. The molecule has 0 saturated heterocycles. The molecule has 90 valence electrons. The molecule has 4 nitrogen and oxygen atoms in total. The molecule has 0 saturated carbocycles. The largest absolute Gasteiger partial charge is 0.492 e. The highest BCUT2D eigenvalue weighted by atomic mass is 35.5. The summed E-state index contributed by atoms with van der Waals surface area (Å²) in [6.45, 7) is 0.372. The zero-order chi connectivity index (χ0) is 12.3. The number of ether oxygens (including phenoxy) is 1. The second kappa shape index (κ2) is 5.21. The topological polar surface area (TPSA) is 53.1 Å². The van der Waals surface area contributed by atoms with Gasteiger partial charge in [-0.1, -0.05) is 17.7 Å². The highest BCUT2D eigenvalue weighted by Crippen LogP contribution is 2.18. The summed E-state index contributed by atoms with van der Waals surface area (Å²) < 4.78 is 7.27. The molecule has 0 radical (unpaired) electrons. The molecule has 2 aromatic rings. The standard InChI is InChI=1S/C12H14ClN3O/c1-16-6-5-12(15-16)11(14)8-17-10-4-2-3-9(13)7-10/h2-7,11H,8,14H2,1H3. The zero-order valence-electron chi connectivity index (χ0n) is 9.51. The normalized spacial score (nSPS) is 12.4. The van der Waals surface area contributed by atoms with Crippen LogP contribution in [0.3, 0.4) is 0 Å². The maximum absolute atomic E-state index is 5.96. The van der Waals surface area contributed by atoms with Gasteiger partial charge in [0.05, 0.1) is 11.7 Å². The first-order valence-corrected chi connectivity index (χ1v) is 5.66. The van der Waals surface area contributed by atoms with E-state index in [0.717, 1.165) is 5.69 Å². The Kier molecular flexibility index (Phi) is 3.66. The Labute approximate surface area is 105 Å². The maximum atomic E-state index is 5.96. The monoisotopic (exact) mass is 251 g/mol. The van der Waals surface area contributed by atoms with Crippen molar-refractivity contribution in [3.05, 3.63) is 47.2 Å². The van der Waals surface area contributed by atoms with E-state index in [-0.39, 0.29) is 6.04 Å². The van der Waals surface area contributed by atoms with Gasteiger partial charge in [-0.2, -0.15) is 5.10 Å². The molecule has 2 N–H and O–H groups in total. The second-order valence-corrected chi connectivity index (χ2v) is 4.23. The van der Waals surface area contributed by atoms with Crippen LogP contribution in [0, 0.1) is 0 Å². The van der Waals surface area contributed by atoms with Gasteiger partial charge in [-0.25, -0.2) is 0 Å². The van der Waals surface area contributed by atoms with E-state index in [1.54, 1.807) is 16.8 Å². The van der Waals surface area contributed by atoms with E-state index < -0.39 is 0 Å². The van der Waals surface area contributed by atoms with Gasteiger partial charge < -0.3 is 10.5 Å². The quantitative estimate of drug-likeness (QED) is 0.906. The molecular weight excluding hydrogens is 238 g/mol. The summed E-state index contributed by atoms with van der Waals surface area (Å²) in [6, 6.07) is 8.88. The van der Waals surface area contributed by atoms with Gasteiger partial charge in [-0.3, -0.25) is 4.68 Å². The van der Waals surface area contributed by atoms with Crippen LogP contribution in [0.2, 0.25) is 5.02 Å². The number of nitrogens with two attached hydrogens (primary N) is 1. The highest BCUT2D eigenvalue weighted by molar-refractivity contribution is 6.30.